The molecule has 1 aromatic heterocycles. The Kier molecular flexibility index (Phi) is 6.69. The highest BCUT2D eigenvalue weighted by Crippen LogP contribution is 2.12. The Bertz CT molecular complexity index is 479. The van der Waals surface area contributed by atoms with Gasteiger partial charge in [0.05, 0.1) is 5.02 Å². The fourth-order valence-electron chi connectivity index (χ4n) is 1.48. The second-order valence-corrected chi connectivity index (χ2v) is 4.81. The Hall–Kier alpha value is -1.38. The third-order valence-corrected chi connectivity index (χ3v) is 2.87. The summed E-state index contributed by atoms with van der Waals surface area (Å²) in [5.41, 5.74) is 8.27. The second-order valence-electron chi connectivity index (χ2n) is 3.98. The molecule has 7 nitrogen and oxygen atoms in total. The van der Waals surface area contributed by atoms with Crippen LogP contribution in [0.25, 0.3) is 0 Å². The summed E-state index contributed by atoms with van der Waals surface area (Å²) in [7, 11) is 1.68. The Morgan fingerprint density at radius 1 is 1.70 bits per heavy atom. The van der Waals surface area contributed by atoms with E-state index in [2.05, 4.69) is 10.5 Å². The Morgan fingerprint density at radius 2 is 2.40 bits per heavy atom. The number of aromatic nitrogens is 2. The average molecular weight is 320 g/mol. The van der Waals surface area contributed by atoms with Crippen molar-refractivity contribution in [3.8, 4) is 0 Å². The van der Waals surface area contributed by atoms with E-state index in [-0.39, 0.29) is 15.8 Å². The lowest BCUT2D eigenvalue weighted by molar-refractivity contribution is 0.0846. The van der Waals surface area contributed by atoms with Crippen LogP contribution in [0.3, 0.4) is 0 Å². The van der Waals surface area contributed by atoms with Crippen LogP contribution in [0.2, 0.25) is 5.02 Å². The van der Waals surface area contributed by atoms with Gasteiger partial charge >= 0.3 is 0 Å². The van der Waals surface area contributed by atoms with Crippen molar-refractivity contribution in [1.82, 2.24) is 20.2 Å². The van der Waals surface area contributed by atoms with Gasteiger partial charge in [0.2, 0.25) is 0 Å². The SMILES string of the molecule is CCOCCCN(NC(=O)c1nn(C)cc1Cl)C(N)=S. The van der Waals surface area contributed by atoms with Crippen molar-refractivity contribution in [3.05, 3.63) is 16.9 Å². The van der Waals surface area contributed by atoms with E-state index < -0.39 is 5.91 Å². The molecule has 1 heterocycles. The van der Waals surface area contributed by atoms with Gasteiger partial charge in [-0.25, -0.2) is 0 Å². The van der Waals surface area contributed by atoms with Crippen molar-refractivity contribution in [1.29, 1.82) is 0 Å². The molecule has 0 aromatic carbocycles. The Morgan fingerprint density at radius 3 is 2.90 bits per heavy atom. The van der Waals surface area contributed by atoms with Crippen molar-refractivity contribution in [2.45, 2.75) is 13.3 Å². The topological polar surface area (TPSA) is 85.4 Å². The van der Waals surface area contributed by atoms with E-state index in [1.165, 1.54) is 15.9 Å². The van der Waals surface area contributed by atoms with Crippen LogP contribution in [0, 0.1) is 0 Å². The number of hydrogen-bond acceptors (Lipinski definition) is 4. The van der Waals surface area contributed by atoms with Crippen molar-refractivity contribution in [2.75, 3.05) is 19.8 Å². The first kappa shape index (κ1) is 16.7. The fourth-order valence-corrected chi connectivity index (χ4v) is 1.88. The highest BCUT2D eigenvalue weighted by Gasteiger charge is 2.18. The average Bonchev–Trinajstić information content (AvgIpc) is 2.72. The van der Waals surface area contributed by atoms with Gasteiger partial charge in [0, 0.05) is 33.0 Å². The number of thiocarbonyl (C=S) groups is 1. The van der Waals surface area contributed by atoms with E-state index >= 15 is 0 Å². The predicted molar refractivity (Wildman–Crippen MR) is 80.3 cm³/mol. The number of ether oxygens (including phenoxy) is 1. The number of rotatable bonds is 6. The zero-order valence-corrected chi connectivity index (χ0v) is 13.0. The fraction of sp³-hybridized carbons (Fsp3) is 0.545. The molecule has 0 atom stereocenters. The molecule has 0 saturated heterocycles. The summed E-state index contributed by atoms with van der Waals surface area (Å²) >= 11 is 10.8. The number of halogens is 1. The van der Waals surface area contributed by atoms with E-state index in [9.17, 15) is 4.79 Å². The summed E-state index contributed by atoms with van der Waals surface area (Å²) in [4.78, 5) is 12.0. The minimum absolute atomic E-state index is 0.0712. The lowest BCUT2D eigenvalue weighted by Crippen LogP contribution is -2.49. The second kappa shape index (κ2) is 8.03. The molecule has 0 radical (unpaired) electrons. The maximum Gasteiger partial charge on any atom is 0.291 e. The maximum absolute atomic E-state index is 12.0. The van der Waals surface area contributed by atoms with Gasteiger partial charge in [0.15, 0.2) is 10.8 Å². The standard InChI is InChI=1S/C11H18ClN5O2S/c1-3-19-6-4-5-17(11(13)20)15-10(18)9-8(12)7-16(2)14-9/h7H,3-6H2,1-2H3,(H2,13,20)(H,15,18). The maximum atomic E-state index is 12.0. The van der Waals surface area contributed by atoms with Gasteiger partial charge < -0.3 is 10.5 Å². The van der Waals surface area contributed by atoms with Gasteiger partial charge in [-0.1, -0.05) is 11.6 Å². The smallest absolute Gasteiger partial charge is 0.291 e. The molecule has 20 heavy (non-hydrogen) atoms. The highest BCUT2D eigenvalue weighted by molar-refractivity contribution is 7.80. The van der Waals surface area contributed by atoms with Gasteiger partial charge in [-0.3, -0.25) is 19.9 Å². The molecule has 0 aliphatic carbocycles. The molecule has 1 amide bonds. The number of hydrazine groups is 1. The van der Waals surface area contributed by atoms with Crippen molar-refractivity contribution in [3.63, 3.8) is 0 Å². The number of hydrogen-bond donors (Lipinski definition) is 2. The number of carbonyl (C=O) groups is 1. The first-order chi connectivity index (χ1) is 9.45. The summed E-state index contributed by atoms with van der Waals surface area (Å²) in [5.74, 6) is -0.459. The molecule has 3 N–H and O–H groups in total. The molecule has 0 bridgehead atoms. The summed E-state index contributed by atoms with van der Waals surface area (Å²) in [6.45, 7) is 3.57. The molecular formula is C11H18ClN5O2S. The Labute approximate surface area is 128 Å². The van der Waals surface area contributed by atoms with Crippen molar-refractivity contribution < 1.29 is 9.53 Å². The van der Waals surface area contributed by atoms with E-state index in [1.807, 2.05) is 6.92 Å². The molecule has 0 aliphatic heterocycles. The molecule has 1 rings (SSSR count). The summed E-state index contributed by atoms with van der Waals surface area (Å²) in [6.07, 6.45) is 2.22. The number of nitrogens with zero attached hydrogens (tertiary/aromatic N) is 3. The summed E-state index contributed by atoms with van der Waals surface area (Å²) in [5, 5.41) is 5.68. The number of carbonyl (C=O) groups excluding carboxylic acids is 1. The van der Waals surface area contributed by atoms with Gasteiger partial charge in [0.1, 0.15) is 0 Å². The quantitative estimate of drug-likeness (QED) is 0.456. The molecule has 112 valence electrons. The molecular weight excluding hydrogens is 302 g/mol. The van der Waals surface area contributed by atoms with Crippen LogP contribution in [-0.4, -0.2) is 45.6 Å². The largest absolute Gasteiger partial charge is 0.382 e. The molecule has 0 spiro atoms. The highest BCUT2D eigenvalue weighted by atomic mass is 35.5. The number of aryl methyl sites for hydroxylation is 1. The van der Waals surface area contributed by atoms with Crippen LogP contribution in [0.15, 0.2) is 6.20 Å². The van der Waals surface area contributed by atoms with E-state index in [0.717, 1.165) is 0 Å². The van der Waals surface area contributed by atoms with Crippen molar-refractivity contribution >= 4 is 34.8 Å². The van der Waals surface area contributed by atoms with Crippen molar-refractivity contribution in [2.24, 2.45) is 12.8 Å². The summed E-state index contributed by atoms with van der Waals surface area (Å²) < 4.78 is 6.67. The van der Waals surface area contributed by atoms with Gasteiger partial charge in [0.25, 0.3) is 5.91 Å². The Balaban J connectivity index is 2.59. The normalized spacial score (nSPS) is 10.3. The lowest BCUT2D eigenvalue weighted by atomic mass is 10.4. The van der Waals surface area contributed by atoms with Crippen LogP contribution < -0.4 is 11.2 Å². The molecule has 9 heteroatoms. The van der Waals surface area contributed by atoms with E-state index in [0.29, 0.717) is 26.2 Å². The minimum atomic E-state index is -0.459. The number of nitrogens with one attached hydrogen (secondary N) is 1. The zero-order chi connectivity index (χ0) is 15.1. The molecule has 1 aromatic rings. The van der Waals surface area contributed by atoms with Gasteiger partial charge in [-0.15, -0.1) is 0 Å². The lowest BCUT2D eigenvalue weighted by Gasteiger charge is -2.22. The third kappa shape index (κ3) is 4.95. The summed E-state index contributed by atoms with van der Waals surface area (Å²) in [6, 6.07) is 0. The van der Waals surface area contributed by atoms with Crippen LogP contribution in [0.1, 0.15) is 23.8 Å². The number of amides is 1. The van der Waals surface area contributed by atoms with Crippen LogP contribution in [0.4, 0.5) is 0 Å². The molecule has 0 saturated carbocycles. The molecule has 0 fully saturated rings. The first-order valence-corrected chi connectivity index (χ1v) is 6.89. The third-order valence-electron chi connectivity index (χ3n) is 2.38. The first-order valence-electron chi connectivity index (χ1n) is 6.10. The molecule has 0 aliphatic rings. The van der Waals surface area contributed by atoms with Crippen LogP contribution in [-0.2, 0) is 11.8 Å². The number of nitrogens with two attached hydrogens (primary N) is 1. The van der Waals surface area contributed by atoms with Crippen LogP contribution >= 0.6 is 23.8 Å². The monoisotopic (exact) mass is 319 g/mol. The van der Waals surface area contributed by atoms with Gasteiger partial charge in [-0.05, 0) is 25.6 Å². The van der Waals surface area contributed by atoms with Crippen LogP contribution in [0.5, 0.6) is 0 Å². The zero-order valence-electron chi connectivity index (χ0n) is 11.4. The van der Waals surface area contributed by atoms with E-state index in [1.54, 1.807) is 7.05 Å². The van der Waals surface area contributed by atoms with E-state index in [4.69, 9.17) is 34.3 Å². The van der Waals surface area contributed by atoms with Gasteiger partial charge in [-0.2, -0.15) is 5.10 Å². The molecule has 0 unspecified atom stereocenters. The predicted octanol–water partition coefficient (Wildman–Crippen LogP) is 0.691. The minimum Gasteiger partial charge on any atom is -0.382 e.